The van der Waals surface area contributed by atoms with E-state index in [1.54, 1.807) is 10.6 Å². The van der Waals surface area contributed by atoms with Crippen LogP contribution in [-0.2, 0) is 6.61 Å². The summed E-state index contributed by atoms with van der Waals surface area (Å²) >= 11 is -2.41. The fourth-order valence-electron chi connectivity index (χ4n) is 2.93. The van der Waals surface area contributed by atoms with Crippen LogP contribution in [0.1, 0.15) is 17.0 Å². The standard InChI is InChI=1S/C18H14F2N3O2.3CH3.Sn/c1-11-8-21-4-3-17(11)23-12(2)5-14(7-18(23)24)25-10-16-15(20)6-13(19)9-22-16;;;;/h3,5-9H,10H2,1-2H3;3*1H3;. The van der Waals surface area contributed by atoms with Gasteiger partial charge in [0.2, 0.25) is 0 Å². The first-order valence-electron chi connectivity index (χ1n) is 9.20. The summed E-state index contributed by atoms with van der Waals surface area (Å²) in [5.41, 5.74) is 2.12. The molecular formula is C21H23F2N3O2Sn. The molecule has 8 heteroatoms. The second-order valence-electron chi connectivity index (χ2n) is 7.98. The summed E-state index contributed by atoms with van der Waals surface area (Å²) in [7, 11) is 0. The number of hydrogen-bond acceptors (Lipinski definition) is 4. The summed E-state index contributed by atoms with van der Waals surface area (Å²) in [6, 6.07) is 5.83. The van der Waals surface area contributed by atoms with Gasteiger partial charge in [-0.25, -0.2) is 4.39 Å². The Kier molecular flexibility index (Phi) is 6.07. The van der Waals surface area contributed by atoms with Gasteiger partial charge in [0.25, 0.3) is 0 Å². The Labute approximate surface area is 172 Å². The van der Waals surface area contributed by atoms with Gasteiger partial charge in [0.15, 0.2) is 0 Å². The summed E-state index contributed by atoms with van der Waals surface area (Å²) < 4.78 is 34.9. The average molecular weight is 506 g/mol. The number of aromatic nitrogens is 3. The van der Waals surface area contributed by atoms with Gasteiger partial charge >= 0.3 is 162 Å². The van der Waals surface area contributed by atoms with E-state index in [-0.39, 0.29) is 17.9 Å². The van der Waals surface area contributed by atoms with Crippen molar-refractivity contribution in [3.05, 3.63) is 75.6 Å². The fourth-order valence-corrected chi connectivity index (χ4v) is 5.84. The van der Waals surface area contributed by atoms with Crippen LogP contribution in [0.3, 0.4) is 0 Å². The molecule has 0 saturated heterocycles. The van der Waals surface area contributed by atoms with E-state index in [2.05, 4.69) is 24.8 Å². The zero-order valence-corrected chi connectivity index (χ0v) is 19.9. The van der Waals surface area contributed by atoms with Gasteiger partial charge in [-0.05, 0) is 0 Å². The van der Waals surface area contributed by atoms with Crippen molar-refractivity contribution < 1.29 is 13.5 Å². The van der Waals surface area contributed by atoms with E-state index in [9.17, 15) is 13.6 Å². The Bertz CT molecular complexity index is 1120. The Morgan fingerprint density at radius 2 is 1.76 bits per heavy atom. The van der Waals surface area contributed by atoms with Crippen molar-refractivity contribution in [3.8, 4) is 11.4 Å². The first-order chi connectivity index (χ1) is 13.6. The molecule has 0 amide bonds. The third kappa shape index (κ3) is 4.83. The summed E-state index contributed by atoms with van der Waals surface area (Å²) in [4.78, 5) is 27.9. The minimum absolute atomic E-state index is 0.0273. The van der Waals surface area contributed by atoms with Crippen molar-refractivity contribution in [1.82, 2.24) is 14.5 Å². The van der Waals surface area contributed by atoms with E-state index in [1.165, 1.54) is 6.07 Å². The van der Waals surface area contributed by atoms with Crippen LogP contribution in [0.4, 0.5) is 8.78 Å². The van der Waals surface area contributed by atoms with Gasteiger partial charge < -0.3 is 0 Å². The number of pyridine rings is 3. The van der Waals surface area contributed by atoms with Crippen molar-refractivity contribution >= 4 is 22.1 Å². The van der Waals surface area contributed by atoms with Gasteiger partial charge in [-0.2, -0.15) is 0 Å². The number of nitrogens with zero attached hydrogens (tertiary/aromatic N) is 3. The van der Waals surface area contributed by atoms with E-state index >= 15 is 0 Å². The van der Waals surface area contributed by atoms with Crippen LogP contribution in [0.15, 0.2) is 41.5 Å². The molecule has 0 spiro atoms. The predicted octanol–water partition coefficient (Wildman–Crippen LogP) is 3.65. The molecule has 0 aliphatic carbocycles. The van der Waals surface area contributed by atoms with Crippen molar-refractivity contribution in [2.75, 3.05) is 0 Å². The van der Waals surface area contributed by atoms with Crippen molar-refractivity contribution in [1.29, 1.82) is 0 Å². The zero-order valence-electron chi connectivity index (χ0n) is 17.1. The SMILES string of the molecule is Cc1cn[c]([Sn]([CH3])([CH3])[CH3])cc1-n1c(C)cc(OCc2ncc(F)cc2F)cc1=O. The Hall–Kier alpha value is -2.29. The monoisotopic (exact) mass is 507 g/mol. The number of rotatable bonds is 5. The molecule has 152 valence electrons. The molecular weight excluding hydrogens is 483 g/mol. The second kappa shape index (κ2) is 8.22. The van der Waals surface area contributed by atoms with E-state index in [0.29, 0.717) is 11.4 Å². The molecule has 0 aromatic carbocycles. The minimum atomic E-state index is -2.41. The van der Waals surface area contributed by atoms with Crippen molar-refractivity contribution in [3.63, 3.8) is 0 Å². The molecule has 3 rings (SSSR count). The van der Waals surface area contributed by atoms with E-state index < -0.39 is 30.0 Å². The number of aryl methyl sites for hydroxylation is 2. The molecule has 0 bridgehead atoms. The Morgan fingerprint density at radius 1 is 1.03 bits per heavy atom. The molecule has 0 aliphatic heterocycles. The van der Waals surface area contributed by atoms with Crippen molar-refractivity contribution in [2.24, 2.45) is 0 Å². The molecule has 0 atom stereocenters. The van der Waals surface area contributed by atoms with Crippen LogP contribution in [0.25, 0.3) is 5.69 Å². The van der Waals surface area contributed by atoms with Crippen LogP contribution < -0.4 is 14.0 Å². The molecule has 3 aromatic rings. The zero-order chi connectivity index (χ0) is 21.3. The summed E-state index contributed by atoms with van der Waals surface area (Å²) in [5, 5.41) is 0. The molecule has 3 aromatic heterocycles. The van der Waals surface area contributed by atoms with E-state index in [0.717, 1.165) is 27.2 Å². The molecule has 0 unspecified atom stereocenters. The maximum atomic E-state index is 13.7. The molecule has 0 saturated carbocycles. The van der Waals surface area contributed by atoms with Gasteiger partial charge in [0.1, 0.15) is 5.82 Å². The van der Waals surface area contributed by atoms with E-state index in [4.69, 9.17) is 4.74 Å². The topological polar surface area (TPSA) is 57.0 Å². The van der Waals surface area contributed by atoms with Crippen LogP contribution in [0, 0.1) is 25.5 Å². The molecule has 0 radical (unpaired) electrons. The second-order valence-corrected chi connectivity index (χ2v) is 22.3. The number of halogens is 2. The Balaban J connectivity index is 1.93. The summed E-state index contributed by atoms with van der Waals surface area (Å²) in [6.07, 6.45) is 2.74. The Morgan fingerprint density at radius 3 is 2.38 bits per heavy atom. The normalized spacial score (nSPS) is 11.6. The summed E-state index contributed by atoms with van der Waals surface area (Å²) in [5.74, 6) is -1.24. The average Bonchev–Trinajstić information content (AvgIpc) is 2.61. The first kappa shape index (κ1) is 21.4. The van der Waals surface area contributed by atoms with Gasteiger partial charge in [-0.1, -0.05) is 0 Å². The summed E-state index contributed by atoms with van der Waals surface area (Å²) in [6.45, 7) is 3.53. The van der Waals surface area contributed by atoms with Crippen molar-refractivity contribution in [2.45, 2.75) is 35.3 Å². The molecule has 0 fully saturated rings. The van der Waals surface area contributed by atoms with Crippen LogP contribution in [0.5, 0.6) is 5.75 Å². The van der Waals surface area contributed by atoms with Gasteiger partial charge in [0, 0.05) is 0 Å². The van der Waals surface area contributed by atoms with Crippen LogP contribution in [0.2, 0.25) is 14.8 Å². The third-order valence-corrected chi connectivity index (χ3v) is 9.70. The van der Waals surface area contributed by atoms with E-state index in [1.807, 2.05) is 26.1 Å². The molecule has 29 heavy (non-hydrogen) atoms. The van der Waals surface area contributed by atoms with Gasteiger partial charge in [-0.3, -0.25) is 0 Å². The molecule has 5 nitrogen and oxygen atoms in total. The first-order valence-corrected chi connectivity index (χ1v) is 19.2. The maximum absolute atomic E-state index is 13.7. The van der Waals surface area contributed by atoms with Crippen LogP contribution >= 0.6 is 0 Å². The predicted molar refractivity (Wildman–Crippen MR) is 111 cm³/mol. The number of ether oxygens (including phenoxy) is 1. The van der Waals surface area contributed by atoms with Gasteiger partial charge in [0.05, 0.1) is 0 Å². The van der Waals surface area contributed by atoms with Gasteiger partial charge in [-0.15, -0.1) is 0 Å². The van der Waals surface area contributed by atoms with Crippen LogP contribution in [-0.4, -0.2) is 32.9 Å². The quantitative estimate of drug-likeness (QED) is 0.497. The molecule has 0 N–H and O–H groups in total. The molecule has 0 aliphatic rings. The number of hydrogen-bond donors (Lipinski definition) is 0. The molecule has 3 heterocycles. The fraction of sp³-hybridized carbons (Fsp3) is 0.286. The third-order valence-electron chi connectivity index (χ3n) is 4.53.